The van der Waals surface area contributed by atoms with Crippen LogP contribution in [0.3, 0.4) is 0 Å². The highest BCUT2D eigenvalue weighted by molar-refractivity contribution is 6.31. The van der Waals surface area contributed by atoms with Gasteiger partial charge in [0.05, 0.1) is 7.11 Å². The summed E-state index contributed by atoms with van der Waals surface area (Å²) in [7, 11) is 1.30. The molecular formula is C9H7ClO4. The second-order valence-corrected chi connectivity index (χ2v) is 3.12. The van der Waals surface area contributed by atoms with E-state index in [1.54, 1.807) is 6.07 Å². The van der Waals surface area contributed by atoms with Gasteiger partial charge in [0.25, 0.3) is 0 Å². The monoisotopic (exact) mass is 214 g/mol. The van der Waals surface area contributed by atoms with E-state index in [1.807, 2.05) is 0 Å². The molecule has 0 atom stereocenters. The minimum absolute atomic E-state index is 0.0969. The third-order valence-electron chi connectivity index (χ3n) is 1.84. The van der Waals surface area contributed by atoms with Crippen LogP contribution in [0.1, 0.15) is 10.4 Å². The molecule has 1 aromatic rings. The number of esters is 1. The Labute approximate surface area is 85.3 Å². The molecule has 74 valence electrons. The zero-order valence-corrected chi connectivity index (χ0v) is 8.13. The maximum Gasteiger partial charge on any atom is 0.341 e. The molecule has 1 aliphatic rings. The number of hydrogen-bond donors (Lipinski definition) is 0. The summed E-state index contributed by atoms with van der Waals surface area (Å²) < 4.78 is 14.8. The number of carbonyl (C=O) groups is 1. The van der Waals surface area contributed by atoms with Crippen LogP contribution in [-0.4, -0.2) is 19.9 Å². The molecule has 2 rings (SSSR count). The van der Waals surface area contributed by atoms with Crippen molar-refractivity contribution in [2.24, 2.45) is 0 Å². The fraction of sp³-hybridized carbons (Fsp3) is 0.222. The molecule has 1 heterocycles. The molecule has 0 spiro atoms. The fourth-order valence-electron chi connectivity index (χ4n) is 1.24. The van der Waals surface area contributed by atoms with Crippen LogP contribution >= 0.6 is 11.6 Å². The van der Waals surface area contributed by atoms with Crippen molar-refractivity contribution in [3.63, 3.8) is 0 Å². The number of hydrogen-bond acceptors (Lipinski definition) is 4. The number of ether oxygens (including phenoxy) is 3. The summed E-state index contributed by atoms with van der Waals surface area (Å²) in [5.41, 5.74) is 0.285. The molecule has 0 saturated heterocycles. The quantitative estimate of drug-likeness (QED) is 0.670. The van der Waals surface area contributed by atoms with Crippen LogP contribution in [0.15, 0.2) is 12.1 Å². The van der Waals surface area contributed by atoms with Gasteiger partial charge in [0.1, 0.15) is 5.56 Å². The predicted octanol–water partition coefficient (Wildman–Crippen LogP) is 1.86. The van der Waals surface area contributed by atoms with Crippen molar-refractivity contribution in [2.75, 3.05) is 13.9 Å². The van der Waals surface area contributed by atoms with Crippen LogP contribution in [0.2, 0.25) is 5.02 Å². The van der Waals surface area contributed by atoms with Crippen molar-refractivity contribution in [1.82, 2.24) is 0 Å². The molecule has 1 aromatic carbocycles. The summed E-state index contributed by atoms with van der Waals surface area (Å²) in [6.45, 7) is 0.0969. The Balaban J connectivity index is 2.54. The van der Waals surface area contributed by atoms with E-state index in [1.165, 1.54) is 13.2 Å². The van der Waals surface area contributed by atoms with Crippen LogP contribution in [0.5, 0.6) is 11.5 Å². The molecule has 4 nitrogen and oxygen atoms in total. The first-order valence-corrected chi connectivity index (χ1v) is 4.27. The van der Waals surface area contributed by atoms with E-state index >= 15 is 0 Å². The number of carbonyl (C=O) groups excluding carboxylic acids is 1. The summed E-state index contributed by atoms with van der Waals surface area (Å²) in [5.74, 6) is 0.369. The lowest BCUT2D eigenvalue weighted by molar-refractivity contribution is 0.0596. The van der Waals surface area contributed by atoms with Crippen LogP contribution in [0, 0.1) is 0 Å². The first kappa shape index (κ1) is 9.15. The van der Waals surface area contributed by atoms with E-state index in [-0.39, 0.29) is 12.4 Å². The second-order valence-electron chi connectivity index (χ2n) is 2.68. The van der Waals surface area contributed by atoms with E-state index in [4.69, 9.17) is 21.1 Å². The highest BCUT2D eigenvalue weighted by Crippen LogP contribution is 2.38. The maximum absolute atomic E-state index is 11.3. The molecule has 0 radical (unpaired) electrons. The Morgan fingerprint density at radius 3 is 3.00 bits per heavy atom. The van der Waals surface area contributed by atoms with Gasteiger partial charge in [0.2, 0.25) is 6.79 Å². The van der Waals surface area contributed by atoms with Crippen molar-refractivity contribution >= 4 is 17.6 Å². The molecule has 0 N–H and O–H groups in total. The molecule has 0 aromatic heterocycles. The number of halogens is 1. The molecule has 0 fully saturated rings. The van der Waals surface area contributed by atoms with E-state index in [9.17, 15) is 4.79 Å². The van der Waals surface area contributed by atoms with Gasteiger partial charge in [0.15, 0.2) is 11.5 Å². The Morgan fingerprint density at radius 1 is 1.50 bits per heavy atom. The Hall–Kier alpha value is -1.42. The maximum atomic E-state index is 11.3. The van der Waals surface area contributed by atoms with E-state index < -0.39 is 5.97 Å². The lowest BCUT2D eigenvalue weighted by atomic mass is 10.2. The van der Waals surface area contributed by atoms with Crippen molar-refractivity contribution < 1.29 is 19.0 Å². The minimum atomic E-state index is -0.491. The van der Waals surface area contributed by atoms with Crippen molar-refractivity contribution in [2.45, 2.75) is 0 Å². The van der Waals surface area contributed by atoms with Crippen LogP contribution < -0.4 is 9.47 Å². The van der Waals surface area contributed by atoms with Crippen molar-refractivity contribution in [3.05, 3.63) is 22.7 Å². The van der Waals surface area contributed by atoms with Gasteiger partial charge < -0.3 is 14.2 Å². The molecule has 14 heavy (non-hydrogen) atoms. The SMILES string of the molecule is COC(=O)c1cc(Cl)cc2c1OCO2. The van der Waals surface area contributed by atoms with Gasteiger partial charge in [-0.15, -0.1) is 0 Å². The lowest BCUT2D eigenvalue weighted by Gasteiger charge is -2.03. The van der Waals surface area contributed by atoms with E-state index in [0.29, 0.717) is 16.5 Å². The molecule has 0 aliphatic carbocycles. The first-order valence-electron chi connectivity index (χ1n) is 3.90. The summed E-state index contributed by atoms with van der Waals surface area (Å²) in [4.78, 5) is 11.3. The van der Waals surface area contributed by atoms with Gasteiger partial charge in [-0.2, -0.15) is 0 Å². The Bertz CT molecular complexity index is 389. The minimum Gasteiger partial charge on any atom is -0.465 e. The average molecular weight is 215 g/mol. The molecule has 5 heteroatoms. The molecule has 0 saturated carbocycles. The molecule has 0 amide bonds. The summed E-state index contributed by atoms with van der Waals surface area (Å²) in [6, 6.07) is 3.08. The van der Waals surface area contributed by atoms with Gasteiger partial charge >= 0.3 is 5.97 Å². The molecular weight excluding hydrogens is 208 g/mol. The van der Waals surface area contributed by atoms with Gasteiger partial charge in [-0.05, 0) is 6.07 Å². The van der Waals surface area contributed by atoms with Crippen LogP contribution in [-0.2, 0) is 4.74 Å². The standard InChI is InChI=1S/C9H7ClO4/c1-12-9(11)6-2-5(10)3-7-8(6)14-4-13-7/h2-3H,4H2,1H3. The van der Waals surface area contributed by atoms with E-state index in [0.717, 1.165) is 0 Å². The molecule has 0 unspecified atom stereocenters. The van der Waals surface area contributed by atoms with Crippen LogP contribution in [0.25, 0.3) is 0 Å². The second kappa shape index (κ2) is 3.38. The predicted molar refractivity (Wildman–Crippen MR) is 48.9 cm³/mol. The normalized spacial score (nSPS) is 12.7. The molecule has 1 aliphatic heterocycles. The zero-order chi connectivity index (χ0) is 10.1. The van der Waals surface area contributed by atoms with Crippen molar-refractivity contribution in [1.29, 1.82) is 0 Å². The fourth-order valence-corrected chi connectivity index (χ4v) is 1.45. The molecule has 0 bridgehead atoms. The zero-order valence-electron chi connectivity index (χ0n) is 7.37. The third kappa shape index (κ3) is 1.37. The summed E-state index contributed by atoms with van der Waals surface area (Å²) in [6.07, 6.45) is 0. The number of benzene rings is 1. The van der Waals surface area contributed by atoms with Crippen LogP contribution in [0.4, 0.5) is 0 Å². The Morgan fingerprint density at radius 2 is 2.29 bits per heavy atom. The van der Waals surface area contributed by atoms with Gasteiger partial charge in [0, 0.05) is 11.1 Å². The van der Waals surface area contributed by atoms with Gasteiger partial charge in [-0.25, -0.2) is 4.79 Å². The summed E-state index contributed by atoms with van der Waals surface area (Å²) in [5, 5.41) is 0.412. The number of methoxy groups -OCH3 is 1. The lowest BCUT2D eigenvalue weighted by Crippen LogP contribution is -2.03. The van der Waals surface area contributed by atoms with Crippen molar-refractivity contribution in [3.8, 4) is 11.5 Å². The smallest absolute Gasteiger partial charge is 0.341 e. The number of fused-ring (bicyclic) bond motifs is 1. The highest BCUT2D eigenvalue weighted by Gasteiger charge is 2.23. The van der Waals surface area contributed by atoms with Gasteiger partial charge in [-0.1, -0.05) is 11.6 Å². The summed E-state index contributed by atoms with van der Waals surface area (Å²) >= 11 is 5.79. The van der Waals surface area contributed by atoms with Gasteiger partial charge in [-0.3, -0.25) is 0 Å². The first-order chi connectivity index (χ1) is 6.72. The average Bonchev–Trinajstić information content (AvgIpc) is 2.62. The number of rotatable bonds is 1. The topological polar surface area (TPSA) is 44.8 Å². The third-order valence-corrected chi connectivity index (χ3v) is 2.06. The largest absolute Gasteiger partial charge is 0.465 e. The Kier molecular flexibility index (Phi) is 2.21. The highest BCUT2D eigenvalue weighted by atomic mass is 35.5. The van der Waals surface area contributed by atoms with E-state index in [2.05, 4.69) is 4.74 Å².